The SMILES string of the molecule is Cc1cccc(-c2cccc(-c3cc(O)cc(O)c3)c2)c1. The molecule has 2 nitrogen and oxygen atoms in total. The van der Waals surface area contributed by atoms with Crippen LogP contribution < -0.4 is 0 Å². The van der Waals surface area contributed by atoms with Gasteiger partial charge in [-0.25, -0.2) is 0 Å². The van der Waals surface area contributed by atoms with Crippen molar-refractivity contribution in [3.05, 3.63) is 72.3 Å². The van der Waals surface area contributed by atoms with Gasteiger partial charge >= 0.3 is 0 Å². The Balaban J connectivity index is 2.08. The molecule has 0 amide bonds. The standard InChI is InChI=1S/C19H16O2/c1-13-4-2-5-14(8-13)15-6-3-7-16(9-15)17-10-18(20)12-19(21)11-17/h2-12,20-21H,1H3. The highest BCUT2D eigenvalue weighted by Crippen LogP contribution is 2.31. The van der Waals surface area contributed by atoms with Crippen molar-refractivity contribution in [2.75, 3.05) is 0 Å². The molecule has 0 aliphatic carbocycles. The Hall–Kier alpha value is -2.74. The first-order valence-electron chi connectivity index (χ1n) is 6.82. The third kappa shape index (κ3) is 2.90. The second kappa shape index (κ2) is 5.33. The molecule has 3 rings (SSSR count). The molecule has 0 aliphatic rings. The lowest BCUT2D eigenvalue weighted by atomic mass is 9.98. The minimum Gasteiger partial charge on any atom is -0.508 e. The molecule has 0 saturated carbocycles. The molecular formula is C19H16O2. The number of phenols is 2. The summed E-state index contributed by atoms with van der Waals surface area (Å²) in [6.45, 7) is 2.07. The first-order valence-corrected chi connectivity index (χ1v) is 6.82. The third-order valence-electron chi connectivity index (χ3n) is 3.45. The van der Waals surface area contributed by atoms with E-state index in [0.29, 0.717) is 0 Å². The van der Waals surface area contributed by atoms with Crippen LogP contribution in [0.15, 0.2) is 66.7 Å². The monoisotopic (exact) mass is 276 g/mol. The van der Waals surface area contributed by atoms with E-state index in [-0.39, 0.29) is 11.5 Å². The maximum Gasteiger partial charge on any atom is 0.119 e. The van der Waals surface area contributed by atoms with E-state index < -0.39 is 0 Å². The van der Waals surface area contributed by atoms with Crippen LogP contribution in [0.5, 0.6) is 11.5 Å². The van der Waals surface area contributed by atoms with Crippen molar-refractivity contribution in [1.29, 1.82) is 0 Å². The molecule has 0 aromatic heterocycles. The molecule has 0 spiro atoms. The predicted molar refractivity (Wildman–Crippen MR) is 85.4 cm³/mol. The van der Waals surface area contributed by atoms with E-state index in [2.05, 4.69) is 37.3 Å². The number of hydrogen-bond donors (Lipinski definition) is 2. The van der Waals surface area contributed by atoms with Crippen molar-refractivity contribution in [1.82, 2.24) is 0 Å². The third-order valence-corrected chi connectivity index (χ3v) is 3.45. The van der Waals surface area contributed by atoms with Gasteiger partial charge in [-0.15, -0.1) is 0 Å². The van der Waals surface area contributed by atoms with Crippen molar-refractivity contribution in [3.63, 3.8) is 0 Å². The summed E-state index contributed by atoms with van der Waals surface area (Å²) in [6, 6.07) is 21.0. The van der Waals surface area contributed by atoms with E-state index in [0.717, 1.165) is 22.3 Å². The van der Waals surface area contributed by atoms with Crippen LogP contribution in [0.3, 0.4) is 0 Å². The van der Waals surface area contributed by atoms with Gasteiger partial charge in [-0.3, -0.25) is 0 Å². The first kappa shape index (κ1) is 13.3. The lowest BCUT2D eigenvalue weighted by molar-refractivity contribution is 0.451. The van der Waals surface area contributed by atoms with E-state index in [1.54, 1.807) is 12.1 Å². The Labute approximate surface area is 123 Å². The second-order valence-electron chi connectivity index (χ2n) is 5.19. The van der Waals surface area contributed by atoms with Gasteiger partial charge in [-0.2, -0.15) is 0 Å². The van der Waals surface area contributed by atoms with Gasteiger partial charge in [0.1, 0.15) is 11.5 Å². The topological polar surface area (TPSA) is 40.5 Å². The van der Waals surface area contributed by atoms with Gasteiger partial charge in [-0.05, 0) is 47.4 Å². The number of benzene rings is 3. The van der Waals surface area contributed by atoms with Gasteiger partial charge < -0.3 is 10.2 Å². The number of aromatic hydroxyl groups is 2. The summed E-state index contributed by atoms with van der Waals surface area (Å²) in [5, 5.41) is 19.2. The fourth-order valence-electron chi connectivity index (χ4n) is 2.46. The van der Waals surface area contributed by atoms with Gasteiger partial charge in [0.25, 0.3) is 0 Å². The average Bonchev–Trinajstić information content (AvgIpc) is 2.46. The first-order chi connectivity index (χ1) is 10.1. The summed E-state index contributed by atoms with van der Waals surface area (Å²) in [5.74, 6) is 0.122. The van der Waals surface area contributed by atoms with Crippen LogP contribution >= 0.6 is 0 Å². The van der Waals surface area contributed by atoms with Crippen LogP contribution in [0, 0.1) is 6.92 Å². The number of hydrogen-bond acceptors (Lipinski definition) is 2. The van der Waals surface area contributed by atoms with Crippen molar-refractivity contribution < 1.29 is 10.2 Å². The summed E-state index contributed by atoms with van der Waals surface area (Å²) in [4.78, 5) is 0. The lowest BCUT2D eigenvalue weighted by Crippen LogP contribution is -1.82. The van der Waals surface area contributed by atoms with Crippen LogP contribution in [0.4, 0.5) is 0 Å². The van der Waals surface area contributed by atoms with E-state index in [4.69, 9.17) is 0 Å². The molecule has 104 valence electrons. The highest BCUT2D eigenvalue weighted by Gasteiger charge is 2.04. The Bertz CT molecular complexity index is 771. The molecule has 2 N–H and O–H groups in total. The maximum atomic E-state index is 9.62. The zero-order valence-electron chi connectivity index (χ0n) is 11.7. The predicted octanol–water partition coefficient (Wildman–Crippen LogP) is 4.74. The summed E-state index contributed by atoms with van der Waals surface area (Å²) >= 11 is 0. The van der Waals surface area contributed by atoms with Gasteiger partial charge in [0.05, 0.1) is 0 Å². The van der Waals surface area contributed by atoms with E-state index in [1.165, 1.54) is 11.6 Å². The van der Waals surface area contributed by atoms with Crippen LogP contribution in [-0.2, 0) is 0 Å². The smallest absolute Gasteiger partial charge is 0.119 e. The fraction of sp³-hybridized carbons (Fsp3) is 0.0526. The van der Waals surface area contributed by atoms with Crippen LogP contribution in [0.1, 0.15) is 5.56 Å². The summed E-state index contributed by atoms with van der Waals surface area (Å²) in [6.07, 6.45) is 0. The molecule has 0 unspecified atom stereocenters. The Kier molecular flexibility index (Phi) is 3.36. The van der Waals surface area contributed by atoms with Crippen molar-refractivity contribution in [2.45, 2.75) is 6.92 Å². The van der Waals surface area contributed by atoms with Gasteiger partial charge in [0, 0.05) is 6.07 Å². The highest BCUT2D eigenvalue weighted by atomic mass is 16.3. The molecule has 0 fully saturated rings. The average molecular weight is 276 g/mol. The summed E-state index contributed by atoms with van der Waals surface area (Å²) in [7, 11) is 0. The largest absolute Gasteiger partial charge is 0.508 e. The Morgan fingerprint density at radius 2 is 1.10 bits per heavy atom. The molecular weight excluding hydrogens is 260 g/mol. The molecule has 21 heavy (non-hydrogen) atoms. The molecule has 0 radical (unpaired) electrons. The van der Waals surface area contributed by atoms with Crippen molar-refractivity contribution in [3.8, 4) is 33.8 Å². The fourth-order valence-corrected chi connectivity index (χ4v) is 2.46. The van der Waals surface area contributed by atoms with Crippen LogP contribution in [0.25, 0.3) is 22.3 Å². The molecule has 0 aliphatic heterocycles. The number of phenolic OH excluding ortho intramolecular Hbond substituents is 2. The zero-order chi connectivity index (χ0) is 14.8. The molecule has 2 heteroatoms. The minimum absolute atomic E-state index is 0.0611. The van der Waals surface area contributed by atoms with Gasteiger partial charge in [0.2, 0.25) is 0 Å². The molecule has 0 saturated heterocycles. The van der Waals surface area contributed by atoms with E-state index >= 15 is 0 Å². The van der Waals surface area contributed by atoms with Gasteiger partial charge in [-0.1, -0.05) is 48.0 Å². The Morgan fingerprint density at radius 1 is 0.571 bits per heavy atom. The number of rotatable bonds is 2. The number of aryl methyl sites for hydroxylation is 1. The molecule has 3 aromatic carbocycles. The highest BCUT2D eigenvalue weighted by molar-refractivity contribution is 5.74. The zero-order valence-corrected chi connectivity index (χ0v) is 11.7. The summed E-state index contributed by atoms with van der Waals surface area (Å²) in [5.41, 5.74) is 5.23. The van der Waals surface area contributed by atoms with Crippen LogP contribution in [-0.4, -0.2) is 10.2 Å². The lowest BCUT2D eigenvalue weighted by Gasteiger charge is -2.08. The molecule has 3 aromatic rings. The van der Waals surface area contributed by atoms with Crippen molar-refractivity contribution >= 4 is 0 Å². The quantitative estimate of drug-likeness (QED) is 0.709. The molecule has 0 heterocycles. The minimum atomic E-state index is 0.0611. The van der Waals surface area contributed by atoms with Crippen LogP contribution in [0.2, 0.25) is 0 Å². The normalized spacial score (nSPS) is 10.5. The Morgan fingerprint density at radius 3 is 1.71 bits per heavy atom. The molecule has 0 atom stereocenters. The maximum absolute atomic E-state index is 9.62. The summed E-state index contributed by atoms with van der Waals surface area (Å²) < 4.78 is 0. The van der Waals surface area contributed by atoms with Crippen molar-refractivity contribution in [2.24, 2.45) is 0 Å². The van der Waals surface area contributed by atoms with E-state index in [1.807, 2.05) is 18.2 Å². The van der Waals surface area contributed by atoms with Gasteiger partial charge in [0.15, 0.2) is 0 Å². The van der Waals surface area contributed by atoms with E-state index in [9.17, 15) is 10.2 Å². The second-order valence-corrected chi connectivity index (χ2v) is 5.19. The molecule has 0 bridgehead atoms.